The fraction of sp³-hybridized carbons (Fsp3) is 0.200. The molecule has 1 unspecified atom stereocenters. The van der Waals surface area contributed by atoms with Crippen molar-refractivity contribution in [3.8, 4) is 11.5 Å². The van der Waals surface area contributed by atoms with E-state index >= 15 is 0 Å². The average Bonchev–Trinajstić information content (AvgIpc) is 3.14. The Morgan fingerprint density at radius 2 is 1.61 bits per heavy atom. The number of carbonyl (C=O) groups is 1. The number of Topliss-reactive ketones (excluding diaryl/α,β-unsaturated/α-hetero) is 1. The third kappa shape index (κ3) is 5.10. The summed E-state index contributed by atoms with van der Waals surface area (Å²) in [6.07, 6.45) is -0.749. The highest BCUT2D eigenvalue weighted by Crippen LogP contribution is 2.19. The molecule has 6 nitrogen and oxygen atoms in total. The largest absolute Gasteiger partial charge is 0.491 e. The van der Waals surface area contributed by atoms with Crippen molar-refractivity contribution < 1.29 is 19.4 Å². The van der Waals surface area contributed by atoms with Gasteiger partial charge in [-0.05, 0) is 55.5 Å². The van der Waals surface area contributed by atoms with Crippen LogP contribution in [-0.4, -0.2) is 33.2 Å². The van der Waals surface area contributed by atoms with Crippen LogP contribution >= 0.6 is 0 Å². The van der Waals surface area contributed by atoms with Crippen LogP contribution in [0.15, 0.2) is 78.9 Å². The van der Waals surface area contributed by atoms with E-state index in [1.807, 2.05) is 59.2 Å². The molecule has 0 fully saturated rings. The number of aliphatic hydroxyl groups is 1. The SMILES string of the molecule is CC(=O)c1ccc(OCC(O)Cn2c(COc3ccccc3)nc3ccccc32)cc1. The first kappa shape index (κ1) is 20.6. The molecule has 0 aliphatic rings. The number of rotatable bonds is 9. The zero-order chi connectivity index (χ0) is 21.6. The molecular weight excluding hydrogens is 392 g/mol. The minimum Gasteiger partial charge on any atom is -0.491 e. The van der Waals surface area contributed by atoms with E-state index in [1.54, 1.807) is 24.3 Å². The van der Waals surface area contributed by atoms with E-state index in [0.717, 1.165) is 22.6 Å². The minimum absolute atomic E-state index is 0.00354. The summed E-state index contributed by atoms with van der Waals surface area (Å²) < 4.78 is 13.5. The maximum Gasteiger partial charge on any atom is 0.159 e. The van der Waals surface area contributed by atoms with Crippen LogP contribution in [-0.2, 0) is 13.2 Å². The van der Waals surface area contributed by atoms with Gasteiger partial charge in [0, 0.05) is 5.56 Å². The topological polar surface area (TPSA) is 73.6 Å². The van der Waals surface area contributed by atoms with E-state index in [1.165, 1.54) is 6.92 Å². The van der Waals surface area contributed by atoms with E-state index in [4.69, 9.17) is 9.47 Å². The molecule has 1 heterocycles. The van der Waals surface area contributed by atoms with Crippen molar-refractivity contribution in [3.05, 3.63) is 90.3 Å². The molecule has 4 rings (SSSR count). The predicted octanol–water partition coefficient (Wildman–Crippen LogP) is 4.26. The number of para-hydroxylation sites is 3. The second-order valence-electron chi connectivity index (χ2n) is 7.27. The van der Waals surface area contributed by atoms with E-state index in [-0.39, 0.29) is 12.4 Å². The van der Waals surface area contributed by atoms with Gasteiger partial charge in [0.05, 0.1) is 17.6 Å². The Kier molecular flexibility index (Phi) is 6.29. The number of benzene rings is 3. The van der Waals surface area contributed by atoms with Crippen LogP contribution in [0.1, 0.15) is 23.1 Å². The number of carbonyl (C=O) groups excluding carboxylic acids is 1. The van der Waals surface area contributed by atoms with Crippen LogP contribution < -0.4 is 9.47 Å². The maximum absolute atomic E-state index is 11.4. The van der Waals surface area contributed by atoms with Gasteiger partial charge in [-0.15, -0.1) is 0 Å². The summed E-state index contributed by atoms with van der Waals surface area (Å²) in [7, 11) is 0. The fourth-order valence-electron chi connectivity index (χ4n) is 3.35. The van der Waals surface area contributed by atoms with Crippen molar-refractivity contribution in [3.63, 3.8) is 0 Å². The van der Waals surface area contributed by atoms with Gasteiger partial charge < -0.3 is 19.1 Å². The van der Waals surface area contributed by atoms with Gasteiger partial charge in [-0.1, -0.05) is 30.3 Å². The molecule has 6 heteroatoms. The Morgan fingerprint density at radius 3 is 2.35 bits per heavy atom. The van der Waals surface area contributed by atoms with Crippen LogP contribution in [0.2, 0.25) is 0 Å². The van der Waals surface area contributed by atoms with Crippen molar-refractivity contribution in [2.45, 2.75) is 26.2 Å². The summed E-state index contributed by atoms with van der Waals surface area (Å²) >= 11 is 0. The highest BCUT2D eigenvalue weighted by Gasteiger charge is 2.15. The molecule has 1 N–H and O–H groups in total. The second-order valence-corrected chi connectivity index (χ2v) is 7.27. The lowest BCUT2D eigenvalue weighted by Gasteiger charge is -2.16. The predicted molar refractivity (Wildman–Crippen MR) is 118 cm³/mol. The number of aliphatic hydroxyl groups excluding tert-OH is 1. The molecule has 158 valence electrons. The molecule has 0 bridgehead atoms. The fourth-order valence-corrected chi connectivity index (χ4v) is 3.35. The summed E-state index contributed by atoms with van der Waals surface area (Å²) in [5.41, 5.74) is 2.40. The molecule has 1 atom stereocenters. The van der Waals surface area contributed by atoms with E-state index in [2.05, 4.69) is 4.98 Å². The molecular formula is C25H24N2O4. The van der Waals surface area contributed by atoms with Gasteiger partial charge in [0.2, 0.25) is 0 Å². The lowest BCUT2D eigenvalue weighted by molar-refractivity contribution is 0.0916. The third-order valence-corrected chi connectivity index (χ3v) is 4.94. The number of hydrogen-bond donors (Lipinski definition) is 1. The molecule has 0 spiro atoms. The number of nitrogens with zero attached hydrogens (tertiary/aromatic N) is 2. The van der Waals surface area contributed by atoms with Crippen molar-refractivity contribution in [1.29, 1.82) is 0 Å². The highest BCUT2D eigenvalue weighted by molar-refractivity contribution is 5.94. The molecule has 1 aromatic heterocycles. The number of fused-ring (bicyclic) bond motifs is 1. The quantitative estimate of drug-likeness (QED) is 0.413. The Hall–Kier alpha value is -3.64. The number of ketones is 1. The Labute approximate surface area is 180 Å². The van der Waals surface area contributed by atoms with Crippen LogP contribution in [0.3, 0.4) is 0 Å². The number of aromatic nitrogens is 2. The van der Waals surface area contributed by atoms with Crippen LogP contribution in [0, 0.1) is 0 Å². The van der Waals surface area contributed by atoms with E-state index in [0.29, 0.717) is 24.5 Å². The lowest BCUT2D eigenvalue weighted by atomic mass is 10.1. The zero-order valence-corrected chi connectivity index (χ0v) is 17.3. The summed E-state index contributed by atoms with van der Waals surface area (Å²) in [5, 5.41) is 10.6. The average molecular weight is 416 g/mol. The monoisotopic (exact) mass is 416 g/mol. The lowest BCUT2D eigenvalue weighted by Crippen LogP contribution is -2.25. The molecule has 31 heavy (non-hydrogen) atoms. The summed E-state index contributed by atoms with van der Waals surface area (Å²) in [6.45, 7) is 2.25. The molecule has 0 aliphatic carbocycles. The Balaban J connectivity index is 1.45. The van der Waals surface area contributed by atoms with Crippen LogP contribution in [0.5, 0.6) is 11.5 Å². The molecule has 4 aromatic rings. The number of imidazole rings is 1. The summed E-state index contributed by atoms with van der Waals surface area (Å²) in [5.74, 6) is 2.10. The van der Waals surface area contributed by atoms with Crippen LogP contribution in [0.4, 0.5) is 0 Å². The van der Waals surface area contributed by atoms with Gasteiger partial charge in [-0.3, -0.25) is 4.79 Å². The minimum atomic E-state index is -0.749. The second kappa shape index (κ2) is 9.45. The van der Waals surface area contributed by atoms with Crippen molar-refractivity contribution >= 4 is 16.8 Å². The maximum atomic E-state index is 11.4. The molecule has 3 aromatic carbocycles. The van der Waals surface area contributed by atoms with Gasteiger partial charge in [0.1, 0.15) is 36.6 Å². The normalized spacial score (nSPS) is 11.9. The van der Waals surface area contributed by atoms with Crippen molar-refractivity contribution in [2.24, 2.45) is 0 Å². The summed E-state index contributed by atoms with van der Waals surface area (Å²) in [6, 6.07) is 24.3. The zero-order valence-electron chi connectivity index (χ0n) is 17.3. The molecule has 0 amide bonds. The smallest absolute Gasteiger partial charge is 0.159 e. The van der Waals surface area contributed by atoms with Gasteiger partial charge in [0.15, 0.2) is 5.78 Å². The molecule has 0 saturated heterocycles. The molecule has 0 radical (unpaired) electrons. The highest BCUT2D eigenvalue weighted by atomic mass is 16.5. The summed E-state index contributed by atoms with van der Waals surface area (Å²) in [4.78, 5) is 16.1. The molecule has 0 aliphatic heterocycles. The Bertz CT molecular complexity index is 1150. The first-order valence-corrected chi connectivity index (χ1v) is 10.1. The third-order valence-electron chi connectivity index (χ3n) is 4.94. The van der Waals surface area contributed by atoms with Crippen molar-refractivity contribution in [2.75, 3.05) is 6.61 Å². The Morgan fingerprint density at radius 1 is 0.935 bits per heavy atom. The first-order chi connectivity index (χ1) is 15.1. The van der Waals surface area contributed by atoms with Crippen LogP contribution in [0.25, 0.3) is 11.0 Å². The van der Waals surface area contributed by atoms with Gasteiger partial charge in [-0.25, -0.2) is 4.98 Å². The van der Waals surface area contributed by atoms with Gasteiger partial charge in [0.25, 0.3) is 0 Å². The van der Waals surface area contributed by atoms with Gasteiger partial charge in [-0.2, -0.15) is 0 Å². The van der Waals surface area contributed by atoms with Gasteiger partial charge >= 0.3 is 0 Å². The number of hydrogen-bond acceptors (Lipinski definition) is 5. The standard InChI is InChI=1S/C25H24N2O4/c1-18(28)19-11-13-22(14-12-19)30-16-20(29)15-27-24-10-6-5-9-23(24)26-25(27)17-31-21-7-3-2-4-8-21/h2-14,20,29H,15-17H2,1H3. The number of ether oxygens (including phenoxy) is 2. The van der Waals surface area contributed by atoms with Crippen molar-refractivity contribution in [1.82, 2.24) is 9.55 Å². The van der Waals surface area contributed by atoms with E-state index < -0.39 is 6.10 Å². The first-order valence-electron chi connectivity index (χ1n) is 10.1. The van der Waals surface area contributed by atoms with E-state index in [9.17, 15) is 9.90 Å². The molecule has 0 saturated carbocycles.